The Morgan fingerprint density at radius 1 is 1.09 bits per heavy atom. The van der Waals surface area contributed by atoms with Gasteiger partial charge in [-0.3, -0.25) is 4.99 Å². The average Bonchev–Trinajstić information content (AvgIpc) is 3.27. The summed E-state index contributed by atoms with van der Waals surface area (Å²) in [4.78, 5) is 6.88. The highest BCUT2D eigenvalue weighted by Crippen LogP contribution is 2.30. The molecule has 0 aliphatic carbocycles. The van der Waals surface area contributed by atoms with Crippen molar-refractivity contribution in [3.8, 4) is 11.5 Å². The molecule has 3 rings (SSSR count). The smallest absolute Gasteiger partial charge is 0.191 e. The van der Waals surface area contributed by atoms with Gasteiger partial charge >= 0.3 is 0 Å². The van der Waals surface area contributed by atoms with E-state index < -0.39 is 0 Å². The first-order valence-corrected chi connectivity index (χ1v) is 11.3. The summed E-state index contributed by atoms with van der Waals surface area (Å²) in [6.07, 6.45) is 1.19. The summed E-state index contributed by atoms with van der Waals surface area (Å²) in [5.41, 5.74) is 2.44. The van der Waals surface area contributed by atoms with E-state index in [-0.39, 0.29) is 30.0 Å². The minimum absolute atomic E-state index is 0. The zero-order valence-corrected chi connectivity index (χ0v) is 22.0. The van der Waals surface area contributed by atoms with Crippen molar-refractivity contribution in [3.63, 3.8) is 0 Å². The van der Waals surface area contributed by atoms with E-state index in [2.05, 4.69) is 63.8 Å². The third-order valence-corrected chi connectivity index (χ3v) is 5.61. The van der Waals surface area contributed by atoms with Gasteiger partial charge in [-0.15, -0.1) is 24.0 Å². The lowest BCUT2D eigenvalue weighted by Gasteiger charge is -2.22. The Morgan fingerprint density at radius 2 is 1.81 bits per heavy atom. The van der Waals surface area contributed by atoms with Crippen LogP contribution >= 0.6 is 24.0 Å². The molecule has 0 spiro atoms. The quantitative estimate of drug-likeness (QED) is 0.265. The van der Waals surface area contributed by atoms with Crippen LogP contribution in [0.4, 0.5) is 5.69 Å². The third-order valence-electron chi connectivity index (χ3n) is 5.61. The van der Waals surface area contributed by atoms with Gasteiger partial charge in [0.1, 0.15) is 0 Å². The SMILES string of the molecule is CCOc1ccc(C(C)NC(=NC)NCC2CCN(c3ccccc3)C2)cc1OCC.I. The van der Waals surface area contributed by atoms with E-state index in [1.165, 1.54) is 12.1 Å². The summed E-state index contributed by atoms with van der Waals surface area (Å²) >= 11 is 0. The molecule has 0 aromatic heterocycles. The maximum atomic E-state index is 5.77. The van der Waals surface area contributed by atoms with Gasteiger partial charge in [-0.1, -0.05) is 24.3 Å². The fraction of sp³-hybridized carbons (Fsp3) is 0.480. The zero-order valence-electron chi connectivity index (χ0n) is 19.6. The molecule has 1 fully saturated rings. The van der Waals surface area contributed by atoms with Crippen LogP contribution in [-0.4, -0.2) is 45.9 Å². The lowest BCUT2D eigenvalue weighted by molar-refractivity contribution is 0.287. The van der Waals surface area contributed by atoms with Crippen molar-refractivity contribution in [1.82, 2.24) is 10.6 Å². The second-order valence-electron chi connectivity index (χ2n) is 7.83. The molecule has 176 valence electrons. The third kappa shape index (κ3) is 7.18. The molecule has 2 atom stereocenters. The van der Waals surface area contributed by atoms with Gasteiger partial charge in [-0.05, 0) is 62.9 Å². The standard InChI is InChI=1S/C25H36N4O2.HI/c1-5-30-23-13-12-21(16-24(23)31-6-2)19(3)28-25(26-4)27-17-20-14-15-29(18-20)22-10-8-7-9-11-22;/h7-13,16,19-20H,5-6,14-15,17-18H2,1-4H3,(H2,26,27,28);1H. The Morgan fingerprint density at radius 3 is 2.50 bits per heavy atom. The summed E-state index contributed by atoms with van der Waals surface area (Å²) in [5.74, 6) is 2.99. The van der Waals surface area contributed by atoms with E-state index in [1.54, 1.807) is 0 Å². The van der Waals surface area contributed by atoms with Crippen LogP contribution in [0.2, 0.25) is 0 Å². The molecule has 2 unspecified atom stereocenters. The number of guanidine groups is 1. The molecule has 1 heterocycles. The first-order valence-electron chi connectivity index (χ1n) is 11.3. The van der Waals surface area contributed by atoms with Crippen LogP contribution in [0, 0.1) is 5.92 Å². The summed E-state index contributed by atoms with van der Waals surface area (Å²) in [7, 11) is 1.82. The molecular formula is C25H37IN4O2. The fourth-order valence-electron chi connectivity index (χ4n) is 3.93. The second-order valence-corrected chi connectivity index (χ2v) is 7.83. The molecule has 32 heavy (non-hydrogen) atoms. The molecule has 0 saturated carbocycles. The van der Waals surface area contributed by atoms with E-state index in [1.807, 2.05) is 33.0 Å². The van der Waals surface area contributed by atoms with Crippen molar-refractivity contribution in [2.75, 3.05) is 44.8 Å². The number of hydrogen-bond acceptors (Lipinski definition) is 4. The second kappa shape index (κ2) is 13.4. The number of benzene rings is 2. The summed E-state index contributed by atoms with van der Waals surface area (Å²) < 4.78 is 11.4. The Bertz CT molecular complexity index is 847. The van der Waals surface area contributed by atoms with Crippen LogP contribution in [0.5, 0.6) is 11.5 Å². The summed E-state index contributed by atoms with van der Waals surface area (Å²) in [5, 5.41) is 7.01. The van der Waals surface area contributed by atoms with Gasteiger partial charge < -0.3 is 25.0 Å². The number of anilines is 1. The van der Waals surface area contributed by atoms with Gasteiger partial charge in [0.15, 0.2) is 17.5 Å². The van der Waals surface area contributed by atoms with Crippen LogP contribution in [-0.2, 0) is 0 Å². The van der Waals surface area contributed by atoms with Gasteiger partial charge in [0.25, 0.3) is 0 Å². The minimum atomic E-state index is 0. The van der Waals surface area contributed by atoms with E-state index in [0.29, 0.717) is 19.1 Å². The maximum Gasteiger partial charge on any atom is 0.191 e. The summed E-state index contributed by atoms with van der Waals surface area (Å²) in [6, 6.07) is 16.8. The predicted octanol–water partition coefficient (Wildman–Crippen LogP) is 4.85. The predicted molar refractivity (Wildman–Crippen MR) is 144 cm³/mol. The number of para-hydroxylation sites is 1. The number of ether oxygens (including phenoxy) is 2. The molecule has 7 heteroatoms. The molecule has 1 aliphatic rings. The molecule has 2 N–H and O–H groups in total. The van der Waals surface area contributed by atoms with Crippen molar-refractivity contribution in [2.45, 2.75) is 33.2 Å². The van der Waals surface area contributed by atoms with E-state index in [4.69, 9.17) is 9.47 Å². The Hall–Kier alpha value is -2.16. The van der Waals surface area contributed by atoms with Crippen LogP contribution in [0.3, 0.4) is 0 Å². The highest BCUT2D eigenvalue weighted by molar-refractivity contribution is 14.0. The largest absolute Gasteiger partial charge is 0.490 e. The van der Waals surface area contributed by atoms with Crippen molar-refractivity contribution < 1.29 is 9.47 Å². The van der Waals surface area contributed by atoms with Gasteiger partial charge in [0.2, 0.25) is 0 Å². The minimum Gasteiger partial charge on any atom is -0.490 e. The number of hydrogen-bond donors (Lipinski definition) is 2. The van der Waals surface area contributed by atoms with E-state index >= 15 is 0 Å². The number of nitrogens with zero attached hydrogens (tertiary/aromatic N) is 2. The molecule has 0 bridgehead atoms. The lowest BCUT2D eigenvalue weighted by Crippen LogP contribution is -2.41. The number of aliphatic imine (C=N–C) groups is 1. The van der Waals surface area contributed by atoms with Gasteiger partial charge in [-0.25, -0.2) is 0 Å². The zero-order chi connectivity index (χ0) is 22.1. The van der Waals surface area contributed by atoms with Gasteiger partial charge in [-0.2, -0.15) is 0 Å². The van der Waals surface area contributed by atoms with Gasteiger partial charge in [0, 0.05) is 32.4 Å². The first kappa shape index (κ1) is 26.1. The van der Waals surface area contributed by atoms with Crippen molar-refractivity contribution >= 4 is 35.6 Å². The average molecular weight is 553 g/mol. The van der Waals surface area contributed by atoms with Crippen LogP contribution in [0.15, 0.2) is 53.5 Å². The van der Waals surface area contributed by atoms with Crippen molar-refractivity contribution in [3.05, 3.63) is 54.1 Å². The topological polar surface area (TPSA) is 58.1 Å². The molecule has 1 saturated heterocycles. The normalized spacial score (nSPS) is 16.8. The molecule has 0 radical (unpaired) electrons. The molecule has 6 nitrogen and oxygen atoms in total. The van der Waals surface area contributed by atoms with Crippen LogP contribution < -0.4 is 25.0 Å². The summed E-state index contributed by atoms with van der Waals surface area (Å²) in [6.45, 7) is 10.4. The van der Waals surface area contributed by atoms with Gasteiger partial charge in [0.05, 0.1) is 19.3 Å². The van der Waals surface area contributed by atoms with Crippen LogP contribution in [0.25, 0.3) is 0 Å². The van der Waals surface area contributed by atoms with E-state index in [9.17, 15) is 0 Å². The highest BCUT2D eigenvalue weighted by atomic mass is 127. The Kier molecular flexibility index (Phi) is 10.9. The monoisotopic (exact) mass is 552 g/mol. The Balaban J connectivity index is 0.00000363. The molecule has 1 aliphatic heterocycles. The number of nitrogens with one attached hydrogen (secondary N) is 2. The molecule has 0 amide bonds. The number of rotatable bonds is 9. The first-order chi connectivity index (χ1) is 15.1. The van der Waals surface area contributed by atoms with E-state index in [0.717, 1.165) is 42.7 Å². The van der Waals surface area contributed by atoms with Crippen LogP contribution in [0.1, 0.15) is 38.8 Å². The maximum absolute atomic E-state index is 5.77. The van der Waals surface area contributed by atoms with Crippen molar-refractivity contribution in [2.24, 2.45) is 10.9 Å². The lowest BCUT2D eigenvalue weighted by atomic mass is 10.1. The molecule has 2 aromatic carbocycles. The highest BCUT2D eigenvalue weighted by Gasteiger charge is 2.23. The molecule has 2 aromatic rings. The van der Waals surface area contributed by atoms with Crippen molar-refractivity contribution in [1.29, 1.82) is 0 Å². The molecular weight excluding hydrogens is 515 g/mol. The fourth-order valence-corrected chi connectivity index (χ4v) is 3.93. The Labute approximate surface area is 209 Å². The number of halogens is 1.